The largest absolute Gasteiger partial charge is 0.416 e. The number of amides is 1. The molecule has 1 amide bonds. The highest BCUT2D eigenvalue weighted by Crippen LogP contribution is 2.36. The summed E-state index contributed by atoms with van der Waals surface area (Å²) in [5.74, 6) is -0.0199. The van der Waals surface area contributed by atoms with Gasteiger partial charge in [-0.3, -0.25) is 4.79 Å². The van der Waals surface area contributed by atoms with Crippen LogP contribution < -0.4 is 0 Å². The van der Waals surface area contributed by atoms with Crippen LogP contribution in [0.2, 0.25) is 0 Å². The molecule has 0 spiro atoms. The number of piperidine rings is 1. The van der Waals surface area contributed by atoms with Crippen molar-refractivity contribution in [1.29, 1.82) is 0 Å². The molecular formula is C18H18F3NO2S. The molecule has 1 aliphatic heterocycles. The van der Waals surface area contributed by atoms with E-state index >= 15 is 0 Å². The number of benzene rings is 1. The Kier molecular flexibility index (Phi) is 4.88. The lowest BCUT2D eigenvalue weighted by atomic mass is 9.83. The van der Waals surface area contributed by atoms with Gasteiger partial charge in [0.2, 0.25) is 5.91 Å². The molecule has 0 unspecified atom stereocenters. The van der Waals surface area contributed by atoms with Gasteiger partial charge in [0.1, 0.15) is 0 Å². The third-order valence-electron chi connectivity index (χ3n) is 4.58. The predicted octanol–water partition coefficient (Wildman–Crippen LogP) is 3.82. The van der Waals surface area contributed by atoms with E-state index in [4.69, 9.17) is 0 Å². The molecule has 1 aromatic heterocycles. The van der Waals surface area contributed by atoms with Crippen molar-refractivity contribution in [2.45, 2.75) is 31.0 Å². The Labute approximate surface area is 147 Å². The molecule has 2 heterocycles. The molecular weight excluding hydrogens is 351 g/mol. The Bertz CT molecular complexity index is 735. The number of carbonyl (C=O) groups is 1. The van der Waals surface area contributed by atoms with E-state index in [1.807, 2.05) is 17.5 Å². The Morgan fingerprint density at radius 3 is 2.52 bits per heavy atom. The maximum Gasteiger partial charge on any atom is 0.416 e. The molecule has 2 aromatic rings. The minimum Gasteiger partial charge on any atom is -0.385 e. The van der Waals surface area contributed by atoms with Crippen LogP contribution in [0.4, 0.5) is 13.2 Å². The lowest BCUT2D eigenvalue weighted by molar-refractivity contribution is -0.137. The Balaban J connectivity index is 1.67. The second kappa shape index (κ2) is 6.80. The fraction of sp³-hybridized carbons (Fsp3) is 0.389. The average Bonchev–Trinajstić information content (AvgIpc) is 3.08. The van der Waals surface area contributed by atoms with Crippen molar-refractivity contribution in [2.24, 2.45) is 0 Å². The fourth-order valence-corrected chi connectivity index (χ4v) is 3.77. The van der Waals surface area contributed by atoms with Crippen molar-refractivity contribution < 1.29 is 23.1 Å². The zero-order chi connectivity index (χ0) is 18.1. The van der Waals surface area contributed by atoms with Crippen molar-refractivity contribution in [1.82, 2.24) is 4.90 Å². The number of alkyl halides is 3. The van der Waals surface area contributed by atoms with Gasteiger partial charge in [0.25, 0.3) is 0 Å². The summed E-state index contributed by atoms with van der Waals surface area (Å²) < 4.78 is 38.6. The Morgan fingerprint density at radius 1 is 1.20 bits per heavy atom. The maximum absolute atomic E-state index is 12.9. The number of halogens is 3. The van der Waals surface area contributed by atoms with Gasteiger partial charge in [0, 0.05) is 18.0 Å². The molecule has 1 aliphatic rings. The molecule has 1 aromatic carbocycles. The van der Waals surface area contributed by atoms with Gasteiger partial charge in [-0.2, -0.15) is 13.2 Å². The summed E-state index contributed by atoms with van der Waals surface area (Å²) in [6, 6.07) is 8.60. The Morgan fingerprint density at radius 2 is 1.92 bits per heavy atom. The second-order valence-corrected chi connectivity index (χ2v) is 7.28. The van der Waals surface area contributed by atoms with E-state index in [1.54, 1.807) is 4.90 Å². The number of likely N-dealkylation sites (tertiary alicyclic amines) is 1. The predicted molar refractivity (Wildman–Crippen MR) is 89.2 cm³/mol. The maximum atomic E-state index is 12.9. The third-order valence-corrected chi connectivity index (χ3v) is 5.45. The number of thiophene rings is 1. The van der Waals surface area contributed by atoms with E-state index in [2.05, 4.69) is 0 Å². The normalized spacial score (nSPS) is 17.5. The van der Waals surface area contributed by atoms with Gasteiger partial charge >= 0.3 is 6.18 Å². The molecule has 0 aliphatic carbocycles. The second-order valence-electron chi connectivity index (χ2n) is 6.25. The molecule has 3 rings (SSSR count). The number of nitrogens with zero attached hydrogens (tertiary/aromatic N) is 1. The van der Waals surface area contributed by atoms with Gasteiger partial charge in [0.15, 0.2) is 0 Å². The lowest BCUT2D eigenvalue weighted by Crippen LogP contribution is -2.45. The highest BCUT2D eigenvalue weighted by atomic mass is 32.1. The topological polar surface area (TPSA) is 40.5 Å². The van der Waals surface area contributed by atoms with Crippen molar-refractivity contribution in [3.8, 4) is 0 Å². The van der Waals surface area contributed by atoms with Gasteiger partial charge < -0.3 is 10.0 Å². The first-order valence-corrected chi connectivity index (χ1v) is 8.86. The van der Waals surface area contributed by atoms with Crippen molar-refractivity contribution >= 4 is 17.2 Å². The van der Waals surface area contributed by atoms with E-state index in [0.717, 1.165) is 17.0 Å². The molecule has 1 fully saturated rings. The van der Waals surface area contributed by atoms with Gasteiger partial charge in [-0.25, -0.2) is 0 Å². The van der Waals surface area contributed by atoms with E-state index in [9.17, 15) is 23.1 Å². The van der Waals surface area contributed by atoms with Crippen LogP contribution in [0, 0.1) is 0 Å². The zero-order valence-corrected chi connectivity index (χ0v) is 14.2. The van der Waals surface area contributed by atoms with Crippen LogP contribution in [-0.2, 0) is 23.0 Å². The van der Waals surface area contributed by atoms with Crippen molar-refractivity contribution in [3.05, 3.63) is 57.8 Å². The lowest BCUT2D eigenvalue weighted by Gasteiger charge is -2.38. The van der Waals surface area contributed by atoms with E-state index < -0.39 is 17.3 Å². The molecule has 3 nitrogen and oxygen atoms in total. The van der Waals surface area contributed by atoms with E-state index in [-0.39, 0.29) is 24.3 Å². The first-order chi connectivity index (χ1) is 11.8. The summed E-state index contributed by atoms with van der Waals surface area (Å²) in [4.78, 5) is 14.9. The van der Waals surface area contributed by atoms with Gasteiger partial charge in [-0.05, 0) is 42.0 Å². The molecule has 25 heavy (non-hydrogen) atoms. The SMILES string of the molecule is O=C(Cc1cccs1)N1CCC(O)(c2cccc(C(F)(F)F)c2)CC1. The van der Waals surface area contributed by atoms with Crippen LogP contribution in [0.5, 0.6) is 0 Å². The molecule has 0 saturated carbocycles. The first kappa shape index (κ1) is 17.9. The molecule has 134 valence electrons. The van der Waals surface area contributed by atoms with Gasteiger partial charge in [0.05, 0.1) is 17.6 Å². The quantitative estimate of drug-likeness (QED) is 0.894. The van der Waals surface area contributed by atoms with Gasteiger partial charge in [-0.1, -0.05) is 18.2 Å². The molecule has 0 radical (unpaired) electrons. The van der Waals surface area contributed by atoms with Gasteiger partial charge in [-0.15, -0.1) is 11.3 Å². The Hall–Kier alpha value is -1.86. The smallest absolute Gasteiger partial charge is 0.385 e. The summed E-state index contributed by atoms with van der Waals surface area (Å²) in [7, 11) is 0. The van der Waals surface area contributed by atoms with E-state index in [1.165, 1.54) is 23.5 Å². The van der Waals surface area contributed by atoms with Crippen LogP contribution in [0.1, 0.15) is 28.8 Å². The van der Waals surface area contributed by atoms with Crippen LogP contribution >= 0.6 is 11.3 Å². The molecule has 1 saturated heterocycles. The highest BCUT2D eigenvalue weighted by molar-refractivity contribution is 7.10. The number of aliphatic hydroxyl groups is 1. The fourth-order valence-electron chi connectivity index (χ4n) is 3.07. The van der Waals surface area contributed by atoms with E-state index in [0.29, 0.717) is 19.5 Å². The average molecular weight is 369 g/mol. The minimum atomic E-state index is -4.44. The zero-order valence-electron chi connectivity index (χ0n) is 13.4. The van der Waals surface area contributed by atoms with Crippen LogP contribution in [0.15, 0.2) is 41.8 Å². The highest BCUT2D eigenvalue weighted by Gasteiger charge is 2.37. The van der Waals surface area contributed by atoms with Crippen LogP contribution in [0.3, 0.4) is 0 Å². The molecule has 1 N–H and O–H groups in total. The standard InChI is InChI=1S/C18H18F3NO2S/c19-18(20,21)14-4-1-3-13(11-14)17(24)6-8-22(9-7-17)16(23)12-15-5-2-10-25-15/h1-5,10-11,24H,6-9,12H2. The molecule has 7 heteroatoms. The monoisotopic (exact) mass is 369 g/mol. The number of carbonyl (C=O) groups excluding carboxylic acids is 1. The van der Waals surface area contributed by atoms with Crippen molar-refractivity contribution in [2.75, 3.05) is 13.1 Å². The summed E-state index contributed by atoms with van der Waals surface area (Å²) in [5, 5.41) is 12.7. The van der Waals surface area contributed by atoms with Crippen LogP contribution in [0.25, 0.3) is 0 Å². The summed E-state index contributed by atoms with van der Waals surface area (Å²) >= 11 is 1.51. The van der Waals surface area contributed by atoms with Crippen molar-refractivity contribution in [3.63, 3.8) is 0 Å². The number of rotatable bonds is 3. The summed E-state index contributed by atoms with van der Waals surface area (Å²) in [6.07, 6.45) is -3.67. The minimum absolute atomic E-state index is 0.0199. The number of hydrogen-bond acceptors (Lipinski definition) is 3. The third kappa shape index (κ3) is 4.04. The number of hydrogen-bond donors (Lipinski definition) is 1. The first-order valence-electron chi connectivity index (χ1n) is 7.98. The summed E-state index contributed by atoms with van der Waals surface area (Å²) in [6.45, 7) is 0.661. The van der Waals surface area contributed by atoms with Crippen LogP contribution in [-0.4, -0.2) is 29.0 Å². The molecule has 0 bridgehead atoms. The molecule has 0 atom stereocenters. The summed E-state index contributed by atoms with van der Waals surface area (Å²) in [5.41, 5.74) is -1.84.